The fourth-order valence-corrected chi connectivity index (χ4v) is 3.85. The van der Waals surface area contributed by atoms with Crippen LogP contribution in [0.2, 0.25) is 0 Å². The minimum Gasteiger partial charge on any atom is -0.376 e. The number of likely N-dealkylation sites (tertiary alicyclic amines) is 1. The van der Waals surface area contributed by atoms with E-state index < -0.39 is 0 Å². The minimum absolute atomic E-state index is 0.0681. The van der Waals surface area contributed by atoms with Gasteiger partial charge >= 0.3 is 0 Å². The second kappa shape index (κ2) is 6.35. The highest BCUT2D eigenvalue weighted by Crippen LogP contribution is 2.39. The first-order valence-electron chi connectivity index (χ1n) is 8.64. The fourth-order valence-electron chi connectivity index (χ4n) is 3.85. The first-order chi connectivity index (χ1) is 12.1. The number of halogens is 1. The Morgan fingerprint density at radius 2 is 2.08 bits per heavy atom. The molecule has 3 heterocycles. The highest BCUT2D eigenvalue weighted by atomic mass is 19.1. The zero-order valence-corrected chi connectivity index (χ0v) is 14.7. The van der Waals surface area contributed by atoms with Gasteiger partial charge < -0.3 is 9.64 Å². The molecule has 1 fully saturated rings. The molecule has 4 rings (SSSR count). The number of aromatic nitrogens is 2. The summed E-state index contributed by atoms with van der Waals surface area (Å²) in [6.07, 6.45) is 2.92. The van der Waals surface area contributed by atoms with Gasteiger partial charge in [0.25, 0.3) is 0 Å². The van der Waals surface area contributed by atoms with Crippen molar-refractivity contribution in [2.24, 2.45) is 0 Å². The third-order valence-electron chi connectivity index (χ3n) is 5.14. The van der Waals surface area contributed by atoms with E-state index in [2.05, 4.69) is 9.88 Å². The molecule has 1 unspecified atom stereocenters. The Kier molecular flexibility index (Phi) is 4.17. The summed E-state index contributed by atoms with van der Waals surface area (Å²) in [7, 11) is 3.92. The van der Waals surface area contributed by atoms with Gasteiger partial charge in [-0.1, -0.05) is 12.1 Å². The van der Waals surface area contributed by atoms with Crippen molar-refractivity contribution < 1.29 is 9.13 Å². The summed E-state index contributed by atoms with van der Waals surface area (Å²) in [5.74, 6) is 0.557. The number of ether oxygens (including phenoxy) is 1. The number of hydrogen-bond acceptors (Lipinski definition) is 5. The summed E-state index contributed by atoms with van der Waals surface area (Å²) in [6, 6.07) is 6.77. The van der Waals surface area contributed by atoms with Crippen LogP contribution in [-0.2, 0) is 23.3 Å². The van der Waals surface area contributed by atoms with Crippen molar-refractivity contribution in [2.75, 3.05) is 38.7 Å². The first-order valence-corrected chi connectivity index (χ1v) is 8.64. The van der Waals surface area contributed by atoms with Crippen LogP contribution < -0.4 is 4.90 Å². The lowest BCUT2D eigenvalue weighted by Crippen LogP contribution is -2.40. The van der Waals surface area contributed by atoms with Crippen molar-refractivity contribution in [1.82, 2.24) is 14.9 Å². The van der Waals surface area contributed by atoms with Gasteiger partial charge in [-0.2, -0.15) is 0 Å². The van der Waals surface area contributed by atoms with Crippen LogP contribution >= 0.6 is 0 Å². The van der Waals surface area contributed by atoms with Crippen molar-refractivity contribution in [1.29, 1.82) is 0 Å². The van der Waals surface area contributed by atoms with E-state index in [1.54, 1.807) is 0 Å². The Morgan fingerprint density at radius 3 is 2.84 bits per heavy atom. The average molecular weight is 342 g/mol. The SMILES string of the molecule is CN(C)c1ncc2c(n1)C1(CCN(Cc3ccc(F)cc3)C1)COC2. The zero-order chi connectivity index (χ0) is 17.4. The normalized spacial score (nSPS) is 23.0. The molecule has 2 aliphatic heterocycles. The molecule has 1 saturated heterocycles. The first kappa shape index (κ1) is 16.4. The quantitative estimate of drug-likeness (QED) is 0.856. The Labute approximate surface area is 147 Å². The molecule has 1 spiro atoms. The Balaban J connectivity index is 1.58. The van der Waals surface area contributed by atoms with E-state index >= 15 is 0 Å². The van der Waals surface area contributed by atoms with Crippen LogP contribution in [0.4, 0.5) is 10.3 Å². The summed E-state index contributed by atoms with van der Waals surface area (Å²) in [6.45, 7) is 4.00. The molecule has 1 atom stereocenters. The number of hydrogen-bond donors (Lipinski definition) is 0. The van der Waals surface area contributed by atoms with Gasteiger partial charge in [-0.25, -0.2) is 14.4 Å². The van der Waals surface area contributed by atoms with Crippen LogP contribution in [0.3, 0.4) is 0 Å². The van der Waals surface area contributed by atoms with E-state index in [0.29, 0.717) is 13.2 Å². The van der Waals surface area contributed by atoms with E-state index in [9.17, 15) is 4.39 Å². The Morgan fingerprint density at radius 1 is 1.28 bits per heavy atom. The number of fused-ring (bicyclic) bond motifs is 2. The van der Waals surface area contributed by atoms with Gasteiger partial charge in [0.2, 0.25) is 5.95 Å². The van der Waals surface area contributed by atoms with Gasteiger partial charge in [-0.05, 0) is 30.7 Å². The van der Waals surface area contributed by atoms with Crippen molar-refractivity contribution in [3.05, 3.63) is 53.1 Å². The molecule has 1 aromatic carbocycles. The lowest BCUT2D eigenvalue weighted by atomic mass is 9.80. The third kappa shape index (κ3) is 3.12. The van der Waals surface area contributed by atoms with Gasteiger partial charge in [0.05, 0.1) is 24.3 Å². The zero-order valence-electron chi connectivity index (χ0n) is 14.7. The molecule has 0 radical (unpaired) electrons. The van der Waals surface area contributed by atoms with Gasteiger partial charge in [-0.3, -0.25) is 4.90 Å². The van der Waals surface area contributed by atoms with Crippen molar-refractivity contribution in [3.8, 4) is 0 Å². The molecule has 2 aromatic rings. The van der Waals surface area contributed by atoms with Gasteiger partial charge in [-0.15, -0.1) is 0 Å². The maximum absolute atomic E-state index is 13.1. The van der Waals surface area contributed by atoms with E-state index in [-0.39, 0.29) is 11.2 Å². The molecule has 2 aliphatic rings. The van der Waals surface area contributed by atoms with E-state index in [1.165, 1.54) is 12.1 Å². The smallest absolute Gasteiger partial charge is 0.225 e. The highest BCUT2D eigenvalue weighted by Gasteiger charge is 2.44. The van der Waals surface area contributed by atoms with Crippen LogP contribution in [0.25, 0.3) is 0 Å². The maximum Gasteiger partial charge on any atom is 0.225 e. The van der Waals surface area contributed by atoms with E-state index in [1.807, 2.05) is 37.3 Å². The van der Waals surface area contributed by atoms with E-state index in [4.69, 9.17) is 9.72 Å². The van der Waals surface area contributed by atoms with Crippen LogP contribution in [0.1, 0.15) is 23.2 Å². The summed E-state index contributed by atoms with van der Waals surface area (Å²) in [5.41, 5.74) is 3.30. The monoisotopic (exact) mass is 342 g/mol. The van der Waals surface area contributed by atoms with E-state index in [0.717, 1.165) is 48.8 Å². The molecular weight excluding hydrogens is 319 g/mol. The predicted molar refractivity (Wildman–Crippen MR) is 94.0 cm³/mol. The topological polar surface area (TPSA) is 41.5 Å². The van der Waals surface area contributed by atoms with Gasteiger partial charge in [0.1, 0.15) is 5.82 Å². The molecule has 0 amide bonds. The molecule has 1 aromatic heterocycles. The summed E-state index contributed by atoms with van der Waals surface area (Å²) < 4.78 is 19.0. The number of nitrogens with zero attached hydrogens (tertiary/aromatic N) is 4. The molecule has 132 valence electrons. The van der Waals surface area contributed by atoms with Crippen LogP contribution in [0.15, 0.2) is 30.5 Å². The van der Waals surface area contributed by atoms with Crippen molar-refractivity contribution in [2.45, 2.75) is 25.0 Å². The summed E-state index contributed by atoms with van der Waals surface area (Å²) >= 11 is 0. The molecule has 0 N–H and O–H groups in total. The minimum atomic E-state index is -0.191. The number of rotatable bonds is 3. The number of anilines is 1. The fraction of sp³-hybridized carbons (Fsp3) is 0.474. The second-order valence-corrected chi connectivity index (χ2v) is 7.30. The molecule has 0 saturated carbocycles. The lowest BCUT2D eigenvalue weighted by Gasteiger charge is -2.34. The van der Waals surface area contributed by atoms with Crippen LogP contribution in [0.5, 0.6) is 0 Å². The van der Waals surface area contributed by atoms with Gasteiger partial charge in [0.15, 0.2) is 0 Å². The number of benzene rings is 1. The lowest BCUT2D eigenvalue weighted by molar-refractivity contribution is 0.0503. The van der Waals surface area contributed by atoms with Crippen molar-refractivity contribution >= 4 is 5.95 Å². The average Bonchev–Trinajstić information content (AvgIpc) is 3.00. The third-order valence-corrected chi connectivity index (χ3v) is 5.14. The molecule has 5 nitrogen and oxygen atoms in total. The highest BCUT2D eigenvalue weighted by molar-refractivity contribution is 5.37. The Bertz CT molecular complexity index is 765. The summed E-state index contributed by atoms with van der Waals surface area (Å²) in [4.78, 5) is 13.6. The second-order valence-electron chi connectivity index (χ2n) is 7.30. The molecule has 0 aliphatic carbocycles. The van der Waals surface area contributed by atoms with Crippen LogP contribution in [0, 0.1) is 5.82 Å². The largest absolute Gasteiger partial charge is 0.376 e. The molecule has 25 heavy (non-hydrogen) atoms. The predicted octanol–water partition coefficient (Wildman–Crippen LogP) is 2.36. The van der Waals surface area contributed by atoms with Gasteiger partial charge in [0, 0.05) is 38.9 Å². The Hall–Kier alpha value is -2.05. The molecular formula is C19H23FN4O. The molecule has 6 heteroatoms. The van der Waals surface area contributed by atoms with Crippen molar-refractivity contribution in [3.63, 3.8) is 0 Å². The summed E-state index contributed by atoms with van der Waals surface area (Å²) in [5, 5.41) is 0. The molecule has 0 bridgehead atoms. The van der Waals surface area contributed by atoms with Crippen LogP contribution in [-0.4, -0.2) is 48.7 Å². The maximum atomic E-state index is 13.1. The standard InChI is InChI=1S/C19H23FN4O/c1-23(2)18-21-9-15-11-25-13-19(17(15)22-18)7-8-24(12-19)10-14-3-5-16(20)6-4-14/h3-6,9H,7-8,10-13H2,1-2H3.